The van der Waals surface area contributed by atoms with Gasteiger partial charge in [0.25, 0.3) is 5.56 Å². The molecule has 7 nitrogen and oxygen atoms in total. The standard InChI is InChI=1S/C15H20ClN5O2/c1-10(8-21-9-11(16)7-17-21)13-6-14(22)20-15(19-13)18-12-2-4-23-5-3-12/h6-7,9-10,12H,2-5,8H2,1H3,(H2,18,19,20,22). The number of nitrogens with one attached hydrogen (secondary N) is 2. The van der Waals surface area contributed by atoms with E-state index in [0.29, 0.717) is 17.5 Å². The first-order chi connectivity index (χ1) is 11.1. The lowest BCUT2D eigenvalue weighted by molar-refractivity contribution is 0.0903. The quantitative estimate of drug-likeness (QED) is 0.871. The van der Waals surface area contributed by atoms with Gasteiger partial charge in [0.2, 0.25) is 5.95 Å². The van der Waals surface area contributed by atoms with Crippen molar-refractivity contribution in [2.45, 2.75) is 38.3 Å². The van der Waals surface area contributed by atoms with E-state index < -0.39 is 0 Å². The highest BCUT2D eigenvalue weighted by atomic mass is 35.5. The number of halogens is 1. The molecule has 0 aliphatic carbocycles. The van der Waals surface area contributed by atoms with Crippen molar-refractivity contribution < 1.29 is 4.74 Å². The van der Waals surface area contributed by atoms with Gasteiger partial charge in [0.05, 0.1) is 16.9 Å². The van der Waals surface area contributed by atoms with E-state index in [4.69, 9.17) is 16.3 Å². The van der Waals surface area contributed by atoms with Gasteiger partial charge in [0.1, 0.15) is 0 Å². The number of nitrogens with zero attached hydrogens (tertiary/aromatic N) is 3. The van der Waals surface area contributed by atoms with Crippen LogP contribution in [0.5, 0.6) is 0 Å². The van der Waals surface area contributed by atoms with Gasteiger partial charge in [-0.3, -0.25) is 14.5 Å². The Morgan fingerprint density at radius 3 is 3.00 bits per heavy atom. The first-order valence-corrected chi connectivity index (χ1v) is 8.11. The summed E-state index contributed by atoms with van der Waals surface area (Å²) >= 11 is 5.87. The molecule has 0 saturated carbocycles. The maximum Gasteiger partial charge on any atom is 0.252 e. The second-order valence-corrected chi connectivity index (χ2v) is 6.27. The van der Waals surface area contributed by atoms with Crippen LogP contribution in [0, 0.1) is 0 Å². The molecule has 1 fully saturated rings. The SMILES string of the molecule is CC(Cn1cc(Cl)cn1)c1cc(=O)[nH]c(NC2CCOCC2)n1. The van der Waals surface area contributed by atoms with Crippen molar-refractivity contribution in [1.82, 2.24) is 19.7 Å². The summed E-state index contributed by atoms with van der Waals surface area (Å²) in [7, 11) is 0. The largest absolute Gasteiger partial charge is 0.381 e. The van der Waals surface area contributed by atoms with Crippen LogP contribution in [-0.2, 0) is 11.3 Å². The highest BCUT2D eigenvalue weighted by molar-refractivity contribution is 6.30. The van der Waals surface area contributed by atoms with Crippen LogP contribution < -0.4 is 10.9 Å². The predicted octanol–water partition coefficient (Wildman–Crippen LogP) is 2.01. The van der Waals surface area contributed by atoms with E-state index in [1.54, 1.807) is 17.1 Å². The molecule has 0 spiro atoms. The van der Waals surface area contributed by atoms with Crippen molar-refractivity contribution in [1.29, 1.82) is 0 Å². The van der Waals surface area contributed by atoms with E-state index in [1.165, 1.54) is 6.07 Å². The lowest BCUT2D eigenvalue weighted by Crippen LogP contribution is -2.30. The molecule has 1 aliphatic rings. The fourth-order valence-corrected chi connectivity index (χ4v) is 2.80. The summed E-state index contributed by atoms with van der Waals surface area (Å²) < 4.78 is 7.09. The third-order valence-electron chi connectivity index (χ3n) is 3.89. The van der Waals surface area contributed by atoms with E-state index in [1.807, 2.05) is 6.92 Å². The van der Waals surface area contributed by atoms with E-state index in [0.717, 1.165) is 31.7 Å². The Kier molecular flexibility index (Phi) is 4.97. The predicted molar refractivity (Wildman–Crippen MR) is 88.0 cm³/mol. The smallest absolute Gasteiger partial charge is 0.252 e. The van der Waals surface area contributed by atoms with Crippen LogP contribution in [0.4, 0.5) is 5.95 Å². The Balaban J connectivity index is 1.72. The molecule has 1 saturated heterocycles. The molecule has 0 radical (unpaired) electrons. The van der Waals surface area contributed by atoms with Gasteiger partial charge in [-0.25, -0.2) is 4.98 Å². The minimum atomic E-state index is -0.157. The van der Waals surface area contributed by atoms with Crippen molar-refractivity contribution in [3.05, 3.63) is 39.5 Å². The summed E-state index contributed by atoms with van der Waals surface area (Å²) in [5.41, 5.74) is 0.574. The topological polar surface area (TPSA) is 84.8 Å². The second-order valence-electron chi connectivity index (χ2n) is 5.83. The molecule has 8 heteroatoms. The summed E-state index contributed by atoms with van der Waals surface area (Å²) in [6.07, 6.45) is 5.18. The van der Waals surface area contributed by atoms with Crippen LogP contribution in [0.15, 0.2) is 23.3 Å². The Morgan fingerprint density at radius 2 is 2.30 bits per heavy atom. The summed E-state index contributed by atoms with van der Waals surface area (Å²) in [4.78, 5) is 19.2. The maximum absolute atomic E-state index is 11.9. The molecule has 124 valence electrons. The zero-order chi connectivity index (χ0) is 16.2. The number of anilines is 1. The molecule has 0 bridgehead atoms. The number of hydrogen-bond acceptors (Lipinski definition) is 5. The average Bonchev–Trinajstić information content (AvgIpc) is 2.93. The molecule has 0 aromatic carbocycles. The minimum Gasteiger partial charge on any atom is -0.381 e. The second kappa shape index (κ2) is 7.14. The number of aromatic amines is 1. The molecule has 3 rings (SSSR count). The molecule has 1 unspecified atom stereocenters. The van der Waals surface area contributed by atoms with Gasteiger partial charge in [0, 0.05) is 44.0 Å². The Hall–Kier alpha value is -1.86. The van der Waals surface area contributed by atoms with Crippen molar-refractivity contribution in [2.75, 3.05) is 18.5 Å². The molecule has 0 amide bonds. The van der Waals surface area contributed by atoms with Gasteiger partial charge in [0.15, 0.2) is 0 Å². The van der Waals surface area contributed by atoms with E-state index in [2.05, 4.69) is 20.4 Å². The van der Waals surface area contributed by atoms with Crippen molar-refractivity contribution in [3.8, 4) is 0 Å². The fraction of sp³-hybridized carbons (Fsp3) is 0.533. The number of rotatable bonds is 5. The molecule has 2 aromatic rings. The monoisotopic (exact) mass is 337 g/mol. The van der Waals surface area contributed by atoms with Gasteiger partial charge < -0.3 is 10.1 Å². The van der Waals surface area contributed by atoms with Gasteiger partial charge in [-0.05, 0) is 12.8 Å². The van der Waals surface area contributed by atoms with Crippen LogP contribution in [0.3, 0.4) is 0 Å². The molecule has 1 aliphatic heterocycles. The van der Waals surface area contributed by atoms with Crippen LogP contribution in [-0.4, -0.2) is 39.0 Å². The van der Waals surface area contributed by atoms with E-state index in [9.17, 15) is 4.79 Å². The van der Waals surface area contributed by atoms with Crippen molar-refractivity contribution >= 4 is 17.5 Å². The summed E-state index contributed by atoms with van der Waals surface area (Å²) in [5.74, 6) is 0.563. The average molecular weight is 338 g/mol. The molecule has 1 atom stereocenters. The third kappa shape index (κ3) is 4.33. The van der Waals surface area contributed by atoms with Gasteiger partial charge >= 0.3 is 0 Å². The summed E-state index contributed by atoms with van der Waals surface area (Å²) in [6, 6.07) is 1.81. The zero-order valence-corrected chi connectivity index (χ0v) is 13.7. The third-order valence-corrected chi connectivity index (χ3v) is 4.09. The van der Waals surface area contributed by atoms with Crippen LogP contribution in [0.25, 0.3) is 0 Å². The molecular formula is C15H20ClN5O2. The van der Waals surface area contributed by atoms with Gasteiger partial charge in [-0.15, -0.1) is 0 Å². The highest BCUT2D eigenvalue weighted by Crippen LogP contribution is 2.17. The summed E-state index contributed by atoms with van der Waals surface area (Å²) in [5, 5.41) is 8.05. The normalized spacial score (nSPS) is 17.1. The molecule has 2 aromatic heterocycles. The van der Waals surface area contributed by atoms with Crippen molar-refractivity contribution in [2.24, 2.45) is 0 Å². The van der Waals surface area contributed by atoms with E-state index in [-0.39, 0.29) is 17.5 Å². The molecule has 3 heterocycles. The maximum atomic E-state index is 11.9. The number of H-pyrrole nitrogens is 1. The number of ether oxygens (including phenoxy) is 1. The first kappa shape index (κ1) is 16.0. The summed E-state index contributed by atoms with van der Waals surface area (Å²) in [6.45, 7) is 4.09. The fourth-order valence-electron chi connectivity index (χ4n) is 2.64. The van der Waals surface area contributed by atoms with E-state index >= 15 is 0 Å². The lowest BCUT2D eigenvalue weighted by Gasteiger charge is -2.23. The van der Waals surface area contributed by atoms with Crippen LogP contribution >= 0.6 is 11.6 Å². The Labute approximate surface area is 139 Å². The zero-order valence-electron chi connectivity index (χ0n) is 13.0. The molecular weight excluding hydrogens is 318 g/mol. The molecule has 2 N–H and O–H groups in total. The highest BCUT2D eigenvalue weighted by Gasteiger charge is 2.16. The minimum absolute atomic E-state index is 0.0449. The Bertz CT molecular complexity index is 708. The van der Waals surface area contributed by atoms with Gasteiger partial charge in [-0.2, -0.15) is 5.10 Å². The van der Waals surface area contributed by atoms with Crippen LogP contribution in [0.1, 0.15) is 31.4 Å². The van der Waals surface area contributed by atoms with Gasteiger partial charge in [-0.1, -0.05) is 18.5 Å². The lowest BCUT2D eigenvalue weighted by atomic mass is 10.1. The van der Waals surface area contributed by atoms with Crippen LogP contribution in [0.2, 0.25) is 5.02 Å². The first-order valence-electron chi connectivity index (χ1n) is 7.73. The van der Waals surface area contributed by atoms with Crippen molar-refractivity contribution in [3.63, 3.8) is 0 Å². The molecule has 23 heavy (non-hydrogen) atoms. The number of hydrogen-bond donors (Lipinski definition) is 2. The Morgan fingerprint density at radius 1 is 1.52 bits per heavy atom. The number of aromatic nitrogens is 4.